The lowest BCUT2D eigenvalue weighted by Gasteiger charge is -2.11. The summed E-state index contributed by atoms with van der Waals surface area (Å²) in [7, 11) is 1.63. The van der Waals surface area contributed by atoms with Crippen molar-refractivity contribution in [2.75, 3.05) is 20.3 Å². The maximum atomic E-state index is 6.36. The van der Waals surface area contributed by atoms with Crippen molar-refractivity contribution >= 4 is 39.1 Å². The lowest BCUT2D eigenvalue weighted by molar-refractivity contribution is 0.146. The van der Waals surface area contributed by atoms with Crippen LogP contribution in [0.4, 0.5) is 0 Å². The second-order valence-electron chi connectivity index (χ2n) is 4.04. The average molecular weight is 380 g/mol. The molecular weight excluding hydrogens is 367 g/mol. The molecule has 108 valence electrons. The van der Waals surface area contributed by atoms with Crippen molar-refractivity contribution < 1.29 is 13.9 Å². The molecule has 1 unspecified atom stereocenters. The van der Waals surface area contributed by atoms with Crippen LogP contribution in [0.25, 0.3) is 0 Å². The van der Waals surface area contributed by atoms with Crippen molar-refractivity contribution in [1.82, 2.24) is 0 Å². The summed E-state index contributed by atoms with van der Waals surface area (Å²) in [5, 5.41) is -0.0731. The highest BCUT2D eigenvalue weighted by atomic mass is 79.9. The summed E-state index contributed by atoms with van der Waals surface area (Å²) < 4.78 is 16.6. The smallest absolute Gasteiger partial charge is 0.193 e. The van der Waals surface area contributed by atoms with Gasteiger partial charge in [-0.05, 0) is 57.4 Å². The van der Waals surface area contributed by atoms with Crippen molar-refractivity contribution in [1.29, 1.82) is 0 Å². The van der Waals surface area contributed by atoms with Gasteiger partial charge >= 0.3 is 0 Å². The lowest BCUT2D eigenvalue weighted by atomic mass is 10.1. The van der Waals surface area contributed by atoms with Gasteiger partial charge in [-0.1, -0.05) is 6.07 Å². The Bertz CT molecular complexity index is 571. The van der Waals surface area contributed by atoms with E-state index in [1.54, 1.807) is 19.2 Å². The average Bonchev–Trinajstić information content (AvgIpc) is 2.86. The SMILES string of the molecule is COCCOc1ccc(C(Cl)c2ccc(Cl)o2)cc1Br. The Kier molecular flexibility index (Phi) is 5.78. The van der Waals surface area contributed by atoms with Gasteiger partial charge < -0.3 is 13.9 Å². The minimum atomic E-state index is -0.396. The van der Waals surface area contributed by atoms with E-state index in [-0.39, 0.29) is 0 Å². The third kappa shape index (κ3) is 3.92. The molecule has 3 nitrogen and oxygen atoms in total. The van der Waals surface area contributed by atoms with E-state index in [1.165, 1.54) is 0 Å². The highest BCUT2D eigenvalue weighted by Crippen LogP contribution is 2.35. The Morgan fingerprint density at radius 3 is 2.65 bits per heavy atom. The molecule has 1 aromatic carbocycles. The normalized spacial score (nSPS) is 12.4. The lowest BCUT2D eigenvalue weighted by Crippen LogP contribution is -2.04. The molecule has 0 fully saturated rings. The molecule has 0 aliphatic carbocycles. The van der Waals surface area contributed by atoms with E-state index in [9.17, 15) is 0 Å². The molecule has 2 rings (SSSR count). The fraction of sp³-hybridized carbons (Fsp3) is 0.286. The predicted octanol–water partition coefficient (Wildman–Crippen LogP) is 5.05. The third-order valence-electron chi connectivity index (χ3n) is 2.64. The number of ether oxygens (including phenoxy) is 2. The molecule has 0 radical (unpaired) electrons. The van der Waals surface area contributed by atoms with Crippen molar-refractivity contribution in [3.63, 3.8) is 0 Å². The zero-order chi connectivity index (χ0) is 14.5. The summed E-state index contributed by atoms with van der Waals surface area (Å²) in [6.07, 6.45) is 0. The summed E-state index contributed by atoms with van der Waals surface area (Å²) in [6, 6.07) is 9.08. The van der Waals surface area contributed by atoms with Crippen LogP contribution < -0.4 is 4.74 Å². The second kappa shape index (κ2) is 7.36. The number of hydrogen-bond donors (Lipinski definition) is 0. The first-order valence-electron chi connectivity index (χ1n) is 5.92. The number of halogens is 3. The second-order valence-corrected chi connectivity index (χ2v) is 5.70. The van der Waals surface area contributed by atoms with Gasteiger partial charge in [0.1, 0.15) is 23.5 Å². The molecule has 0 aliphatic rings. The molecular formula is C14H13BrCl2O3. The first-order valence-corrected chi connectivity index (χ1v) is 7.53. The Hall–Kier alpha value is -0.680. The third-order valence-corrected chi connectivity index (χ3v) is 3.93. The van der Waals surface area contributed by atoms with E-state index in [1.807, 2.05) is 18.2 Å². The molecule has 0 saturated carbocycles. The van der Waals surface area contributed by atoms with Gasteiger partial charge in [0, 0.05) is 7.11 Å². The molecule has 6 heteroatoms. The van der Waals surface area contributed by atoms with Gasteiger partial charge in [0.15, 0.2) is 5.22 Å². The monoisotopic (exact) mass is 378 g/mol. The van der Waals surface area contributed by atoms with Crippen molar-refractivity contribution in [2.45, 2.75) is 5.38 Å². The van der Waals surface area contributed by atoms with Crippen LogP contribution >= 0.6 is 39.1 Å². The number of alkyl halides is 1. The number of methoxy groups -OCH3 is 1. The van der Waals surface area contributed by atoms with E-state index in [0.29, 0.717) is 24.2 Å². The maximum Gasteiger partial charge on any atom is 0.193 e. The van der Waals surface area contributed by atoms with E-state index in [2.05, 4.69) is 15.9 Å². The Labute approximate surface area is 135 Å². The van der Waals surface area contributed by atoms with Crippen LogP contribution in [0.3, 0.4) is 0 Å². The molecule has 0 aliphatic heterocycles. The maximum absolute atomic E-state index is 6.36. The zero-order valence-electron chi connectivity index (χ0n) is 10.7. The van der Waals surface area contributed by atoms with E-state index in [4.69, 9.17) is 37.1 Å². The van der Waals surface area contributed by atoms with E-state index in [0.717, 1.165) is 15.8 Å². The summed E-state index contributed by atoms with van der Waals surface area (Å²) in [6.45, 7) is 1.03. The van der Waals surface area contributed by atoms with Gasteiger partial charge in [-0.3, -0.25) is 0 Å². The van der Waals surface area contributed by atoms with Gasteiger partial charge in [-0.25, -0.2) is 0 Å². The molecule has 2 aromatic rings. The number of benzene rings is 1. The minimum absolute atomic E-state index is 0.323. The fourth-order valence-electron chi connectivity index (χ4n) is 1.66. The van der Waals surface area contributed by atoms with Gasteiger partial charge in [-0.15, -0.1) is 11.6 Å². The number of rotatable bonds is 6. The van der Waals surface area contributed by atoms with Crippen LogP contribution in [-0.4, -0.2) is 20.3 Å². The Morgan fingerprint density at radius 2 is 2.05 bits per heavy atom. The first kappa shape index (κ1) is 15.7. The van der Waals surface area contributed by atoms with Crippen molar-refractivity contribution in [3.8, 4) is 5.75 Å². The Balaban J connectivity index is 2.12. The molecule has 1 aromatic heterocycles. The summed E-state index contributed by atoms with van der Waals surface area (Å²) >= 11 is 15.6. The topological polar surface area (TPSA) is 31.6 Å². The summed E-state index contributed by atoms with van der Waals surface area (Å²) in [4.78, 5) is 0. The molecule has 1 atom stereocenters. The quantitative estimate of drug-likeness (QED) is 0.519. The van der Waals surface area contributed by atoms with Crippen LogP contribution in [0.5, 0.6) is 5.75 Å². The standard InChI is InChI=1S/C14H13BrCl2O3/c1-18-6-7-19-11-3-2-9(8-10(11)15)14(17)12-4-5-13(16)20-12/h2-5,8,14H,6-7H2,1H3. The molecule has 0 amide bonds. The van der Waals surface area contributed by atoms with Crippen molar-refractivity contribution in [3.05, 3.63) is 51.3 Å². The highest BCUT2D eigenvalue weighted by Gasteiger charge is 2.16. The van der Waals surface area contributed by atoms with Gasteiger partial charge in [-0.2, -0.15) is 0 Å². The van der Waals surface area contributed by atoms with E-state index < -0.39 is 5.38 Å². The van der Waals surface area contributed by atoms with Gasteiger partial charge in [0.25, 0.3) is 0 Å². The summed E-state index contributed by atoms with van der Waals surface area (Å²) in [5.41, 5.74) is 0.892. The van der Waals surface area contributed by atoms with Crippen LogP contribution in [0.2, 0.25) is 5.22 Å². The fourth-order valence-corrected chi connectivity index (χ4v) is 2.57. The Morgan fingerprint density at radius 1 is 1.25 bits per heavy atom. The molecule has 0 spiro atoms. The highest BCUT2D eigenvalue weighted by molar-refractivity contribution is 9.10. The van der Waals surface area contributed by atoms with Crippen LogP contribution in [0.1, 0.15) is 16.7 Å². The van der Waals surface area contributed by atoms with E-state index >= 15 is 0 Å². The number of furan rings is 1. The molecule has 0 bridgehead atoms. The largest absolute Gasteiger partial charge is 0.490 e. The van der Waals surface area contributed by atoms with Crippen LogP contribution in [0.15, 0.2) is 39.2 Å². The number of hydrogen-bond acceptors (Lipinski definition) is 3. The molecule has 20 heavy (non-hydrogen) atoms. The molecule has 0 saturated heterocycles. The summed E-state index contributed by atoms with van der Waals surface area (Å²) in [5.74, 6) is 1.35. The predicted molar refractivity (Wildman–Crippen MR) is 82.9 cm³/mol. The first-order chi connectivity index (χ1) is 9.61. The van der Waals surface area contributed by atoms with Gasteiger partial charge in [0.05, 0.1) is 11.1 Å². The minimum Gasteiger partial charge on any atom is -0.490 e. The van der Waals surface area contributed by atoms with Crippen LogP contribution in [0, 0.1) is 0 Å². The van der Waals surface area contributed by atoms with Crippen molar-refractivity contribution in [2.24, 2.45) is 0 Å². The zero-order valence-corrected chi connectivity index (χ0v) is 13.8. The van der Waals surface area contributed by atoms with Crippen LogP contribution in [-0.2, 0) is 4.74 Å². The molecule has 0 N–H and O–H groups in total. The van der Waals surface area contributed by atoms with Gasteiger partial charge in [0.2, 0.25) is 0 Å². The molecule has 1 heterocycles.